The molecule has 0 radical (unpaired) electrons. The molecule has 0 aliphatic carbocycles. The highest BCUT2D eigenvalue weighted by molar-refractivity contribution is 4.97. The molecule has 1 aliphatic rings. The molecule has 0 aromatic carbocycles. The minimum atomic E-state index is 0.292. The number of rotatable bonds is 5. The van der Waals surface area contributed by atoms with Gasteiger partial charge in [-0.25, -0.2) is 4.98 Å². The van der Waals surface area contributed by atoms with Crippen LogP contribution in [0.3, 0.4) is 0 Å². The maximum absolute atomic E-state index is 5.96. The largest absolute Gasteiger partial charge is 0.375 e. The third kappa shape index (κ3) is 2.82. The van der Waals surface area contributed by atoms with E-state index in [1.54, 1.807) is 6.33 Å². The molecular weight excluding hydrogens is 240 g/mol. The Morgan fingerprint density at radius 2 is 2.11 bits per heavy atom. The number of nitrogens with zero attached hydrogens (tertiary/aromatic N) is 3. The Balaban J connectivity index is 2.12. The van der Waals surface area contributed by atoms with Gasteiger partial charge in [0, 0.05) is 24.9 Å². The smallest absolute Gasteiger partial charge is 0.138 e. The molecule has 1 N–H and O–H groups in total. The molecule has 2 heterocycles. The van der Waals surface area contributed by atoms with Crippen molar-refractivity contribution in [3.8, 4) is 0 Å². The monoisotopic (exact) mass is 266 g/mol. The fraction of sp³-hybridized carbons (Fsp3) is 0.857. The number of aromatic nitrogens is 3. The van der Waals surface area contributed by atoms with Gasteiger partial charge in [0.2, 0.25) is 0 Å². The molecule has 0 saturated carbocycles. The Bertz CT molecular complexity index is 406. The normalized spacial score (nSPS) is 32.7. The van der Waals surface area contributed by atoms with Gasteiger partial charge >= 0.3 is 0 Å². The lowest BCUT2D eigenvalue weighted by Crippen LogP contribution is -2.42. The van der Waals surface area contributed by atoms with Crippen molar-refractivity contribution in [3.05, 3.63) is 12.2 Å². The van der Waals surface area contributed by atoms with Gasteiger partial charge in [-0.15, -0.1) is 0 Å². The van der Waals surface area contributed by atoms with Crippen molar-refractivity contribution >= 4 is 0 Å². The fourth-order valence-electron chi connectivity index (χ4n) is 3.32. The highest BCUT2D eigenvalue weighted by Crippen LogP contribution is 2.35. The van der Waals surface area contributed by atoms with Crippen molar-refractivity contribution in [2.24, 2.45) is 11.8 Å². The molecule has 5 heteroatoms. The second-order valence-corrected chi connectivity index (χ2v) is 5.57. The first-order valence-electron chi connectivity index (χ1n) is 7.27. The summed E-state index contributed by atoms with van der Waals surface area (Å²) in [5.41, 5.74) is 0. The number of nitrogens with one attached hydrogen (secondary N) is 1. The number of aryl methyl sites for hydroxylation is 1. The van der Waals surface area contributed by atoms with E-state index in [1.165, 1.54) is 0 Å². The first-order chi connectivity index (χ1) is 9.08. The topological polar surface area (TPSA) is 52.0 Å². The summed E-state index contributed by atoms with van der Waals surface area (Å²) < 4.78 is 7.93. The second-order valence-electron chi connectivity index (χ2n) is 5.57. The molecule has 0 amide bonds. The van der Waals surface area contributed by atoms with E-state index in [0.29, 0.717) is 30.1 Å². The third-order valence-corrected chi connectivity index (χ3v) is 4.55. The van der Waals surface area contributed by atoms with Crippen LogP contribution in [0.2, 0.25) is 0 Å². The second kappa shape index (κ2) is 6.01. The number of ether oxygens (including phenoxy) is 1. The number of hydrogen-bond donors (Lipinski definition) is 1. The van der Waals surface area contributed by atoms with Crippen molar-refractivity contribution < 1.29 is 4.74 Å². The van der Waals surface area contributed by atoms with E-state index in [2.05, 4.69) is 43.1 Å². The molecule has 1 aliphatic heterocycles. The third-order valence-electron chi connectivity index (χ3n) is 4.55. The molecule has 19 heavy (non-hydrogen) atoms. The predicted octanol–water partition coefficient (Wildman–Crippen LogP) is 1.49. The van der Waals surface area contributed by atoms with E-state index in [0.717, 1.165) is 18.8 Å². The lowest BCUT2D eigenvalue weighted by Gasteiger charge is -2.28. The standard InChI is InChI=1S/C14H26N4O/c1-6-18-13(16-8-17-18)7-12(15-5)14-9(2)10(3)19-11(14)4/h8-12,14-15H,6-7H2,1-5H3. The van der Waals surface area contributed by atoms with Crippen LogP contribution in [-0.2, 0) is 17.7 Å². The van der Waals surface area contributed by atoms with Gasteiger partial charge in [0.15, 0.2) is 0 Å². The molecule has 1 fully saturated rings. The zero-order chi connectivity index (χ0) is 14.0. The molecule has 1 saturated heterocycles. The molecule has 2 rings (SSSR count). The predicted molar refractivity (Wildman–Crippen MR) is 74.9 cm³/mol. The Morgan fingerprint density at radius 3 is 2.63 bits per heavy atom. The van der Waals surface area contributed by atoms with E-state index in [-0.39, 0.29) is 0 Å². The number of likely N-dealkylation sites (N-methyl/N-ethyl adjacent to an activating group) is 1. The summed E-state index contributed by atoms with van der Waals surface area (Å²) >= 11 is 0. The highest BCUT2D eigenvalue weighted by atomic mass is 16.5. The van der Waals surface area contributed by atoms with Crippen LogP contribution in [0.25, 0.3) is 0 Å². The lowest BCUT2D eigenvalue weighted by atomic mass is 9.82. The summed E-state index contributed by atoms with van der Waals surface area (Å²) in [6.45, 7) is 9.60. The Kier molecular flexibility index (Phi) is 4.58. The summed E-state index contributed by atoms with van der Waals surface area (Å²) in [5.74, 6) is 2.13. The Labute approximate surface area is 115 Å². The molecule has 0 bridgehead atoms. The molecule has 5 unspecified atom stereocenters. The Hall–Kier alpha value is -0.940. The molecule has 5 atom stereocenters. The van der Waals surface area contributed by atoms with Crippen LogP contribution in [-0.4, -0.2) is 40.1 Å². The molecule has 1 aromatic heterocycles. The first kappa shape index (κ1) is 14.5. The van der Waals surface area contributed by atoms with Crippen molar-refractivity contribution in [3.63, 3.8) is 0 Å². The lowest BCUT2D eigenvalue weighted by molar-refractivity contribution is 0.0478. The molecule has 0 spiro atoms. The molecular formula is C14H26N4O. The fourth-order valence-corrected chi connectivity index (χ4v) is 3.32. The van der Waals surface area contributed by atoms with Gasteiger partial charge in [0.05, 0.1) is 12.2 Å². The van der Waals surface area contributed by atoms with E-state index in [9.17, 15) is 0 Å². The molecule has 5 nitrogen and oxygen atoms in total. The zero-order valence-electron chi connectivity index (χ0n) is 12.6. The van der Waals surface area contributed by atoms with Crippen LogP contribution in [0.15, 0.2) is 6.33 Å². The van der Waals surface area contributed by atoms with E-state index >= 15 is 0 Å². The van der Waals surface area contributed by atoms with Gasteiger partial charge in [-0.1, -0.05) is 6.92 Å². The maximum Gasteiger partial charge on any atom is 0.138 e. The minimum absolute atomic E-state index is 0.292. The Morgan fingerprint density at radius 1 is 1.37 bits per heavy atom. The highest BCUT2D eigenvalue weighted by Gasteiger charge is 2.41. The van der Waals surface area contributed by atoms with E-state index in [1.807, 2.05) is 11.7 Å². The van der Waals surface area contributed by atoms with E-state index in [4.69, 9.17) is 4.74 Å². The average molecular weight is 266 g/mol. The van der Waals surface area contributed by atoms with Crippen molar-refractivity contribution in [1.29, 1.82) is 0 Å². The van der Waals surface area contributed by atoms with E-state index < -0.39 is 0 Å². The van der Waals surface area contributed by atoms with Crippen LogP contribution in [0.5, 0.6) is 0 Å². The average Bonchev–Trinajstić information content (AvgIpc) is 2.93. The van der Waals surface area contributed by atoms with Crippen LogP contribution < -0.4 is 5.32 Å². The van der Waals surface area contributed by atoms with Crippen molar-refractivity contribution in [2.45, 2.75) is 58.9 Å². The molecule has 1 aromatic rings. The SMILES string of the molecule is CCn1ncnc1CC(NC)C1C(C)OC(C)C1C. The van der Waals surface area contributed by atoms with Crippen LogP contribution >= 0.6 is 0 Å². The quantitative estimate of drug-likeness (QED) is 0.877. The molecule has 108 valence electrons. The van der Waals surface area contributed by atoms with Gasteiger partial charge in [0.1, 0.15) is 12.2 Å². The van der Waals surface area contributed by atoms with Crippen molar-refractivity contribution in [2.75, 3.05) is 7.05 Å². The van der Waals surface area contributed by atoms with Gasteiger partial charge in [-0.2, -0.15) is 5.10 Å². The van der Waals surface area contributed by atoms with Gasteiger partial charge in [-0.3, -0.25) is 4.68 Å². The first-order valence-corrected chi connectivity index (χ1v) is 7.27. The summed E-state index contributed by atoms with van der Waals surface area (Å²) in [6.07, 6.45) is 3.17. The summed E-state index contributed by atoms with van der Waals surface area (Å²) in [7, 11) is 2.03. The van der Waals surface area contributed by atoms with Crippen LogP contribution in [0.1, 0.15) is 33.5 Å². The van der Waals surface area contributed by atoms with Gasteiger partial charge < -0.3 is 10.1 Å². The maximum atomic E-state index is 5.96. The van der Waals surface area contributed by atoms with Gasteiger partial charge in [0.25, 0.3) is 0 Å². The van der Waals surface area contributed by atoms with Crippen molar-refractivity contribution in [1.82, 2.24) is 20.1 Å². The summed E-state index contributed by atoms with van der Waals surface area (Å²) in [4.78, 5) is 4.39. The zero-order valence-corrected chi connectivity index (χ0v) is 12.6. The number of hydrogen-bond acceptors (Lipinski definition) is 4. The minimum Gasteiger partial charge on any atom is -0.375 e. The van der Waals surface area contributed by atoms with Crippen LogP contribution in [0, 0.1) is 11.8 Å². The summed E-state index contributed by atoms with van der Waals surface area (Å²) in [6, 6.07) is 0.379. The summed E-state index contributed by atoms with van der Waals surface area (Å²) in [5, 5.41) is 7.70. The van der Waals surface area contributed by atoms with Crippen LogP contribution in [0.4, 0.5) is 0 Å². The van der Waals surface area contributed by atoms with Gasteiger partial charge in [-0.05, 0) is 33.7 Å².